The molecule has 4 nitrogen and oxygen atoms in total. The van der Waals surface area contributed by atoms with Gasteiger partial charge in [0.15, 0.2) is 5.78 Å². The van der Waals surface area contributed by atoms with E-state index in [0.29, 0.717) is 0 Å². The standard InChI is InChI=1S/C13H13F3O4S/c14-13(15,16)11(19)5-9(17)7-1-3-8(4-2-7)12(20)10(18)6-21/h1-4,10,12,18,20-21H,5-6H2. The number of benzene rings is 1. The second-order valence-corrected chi connectivity index (χ2v) is 4.70. The van der Waals surface area contributed by atoms with Crippen LogP contribution in [0.4, 0.5) is 13.2 Å². The molecule has 0 amide bonds. The van der Waals surface area contributed by atoms with Crippen LogP contribution in [0.15, 0.2) is 24.3 Å². The van der Waals surface area contributed by atoms with Crippen LogP contribution in [0.25, 0.3) is 0 Å². The summed E-state index contributed by atoms with van der Waals surface area (Å²) in [6.45, 7) is 0. The number of alkyl halides is 3. The first kappa shape index (κ1) is 17.7. The molecule has 0 fully saturated rings. The lowest BCUT2D eigenvalue weighted by molar-refractivity contribution is -0.170. The molecule has 2 atom stereocenters. The molecule has 0 radical (unpaired) electrons. The van der Waals surface area contributed by atoms with Gasteiger partial charge in [0, 0.05) is 11.3 Å². The number of rotatable bonds is 6. The van der Waals surface area contributed by atoms with E-state index in [-0.39, 0.29) is 16.9 Å². The zero-order valence-electron chi connectivity index (χ0n) is 10.7. The van der Waals surface area contributed by atoms with Crippen molar-refractivity contribution in [3.63, 3.8) is 0 Å². The van der Waals surface area contributed by atoms with Crippen molar-refractivity contribution in [1.29, 1.82) is 0 Å². The van der Waals surface area contributed by atoms with Gasteiger partial charge in [0.2, 0.25) is 5.78 Å². The van der Waals surface area contributed by atoms with Crippen molar-refractivity contribution in [2.24, 2.45) is 0 Å². The number of ketones is 2. The van der Waals surface area contributed by atoms with E-state index < -0.39 is 36.4 Å². The van der Waals surface area contributed by atoms with Gasteiger partial charge >= 0.3 is 6.18 Å². The molecule has 21 heavy (non-hydrogen) atoms. The Balaban J connectivity index is 2.79. The number of hydrogen-bond donors (Lipinski definition) is 3. The second kappa shape index (κ2) is 7.06. The fourth-order valence-corrected chi connectivity index (χ4v) is 1.74. The molecule has 1 rings (SSSR count). The van der Waals surface area contributed by atoms with E-state index in [1.165, 1.54) is 24.3 Å². The van der Waals surface area contributed by atoms with E-state index in [2.05, 4.69) is 12.6 Å². The lowest BCUT2D eigenvalue weighted by atomic mass is 10.0. The van der Waals surface area contributed by atoms with E-state index in [0.717, 1.165) is 0 Å². The predicted molar refractivity (Wildman–Crippen MR) is 71.3 cm³/mol. The maximum absolute atomic E-state index is 12.1. The minimum absolute atomic E-state index is 0.0158. The quantitative estimate of drug-likeness (QED) is 0.423. The molecule has 1 aromatic carbocycles. The Labute approximate surface area is 124 Å². The van der Waals surface area contributed by atoms with Crippen LogP contribution >= 0.6 is 12.6 Å². The van der Waals surface area contributed by atoms with Gasteiger partial charge in [0.05, 0.1) is 12.5 Å². The molecule has 0 aliphatic rings. The zero-order chi connectivity index (χ0) is 16.2. The molecule has 0 heterocycles. The van der Waals surface area contributed by atoms with Gasteiger partial charge in [0.25, 0.3) is 0 Å². The number of aliphatic hydroxyl groups is 2. The van der Waals surface area contributed by atoms with Gasteiger partial charge in [-0.3, -0.25) is 9.59 Å². The SMILES string of the molecule is O=C(CC(=O)C(F)(F)F)c1ccc(C(O)C(O)CS)cc1. The van der Waals surface area contributed by atoms with Crippen molar-refractivity contribution in [3.8, 4) is 0 Å². The molecule has 8 heteroatoms. The Morgan fingerprint density at radius 1 is 1.14 bits per heavy atom. The van der Waals surface area contributed by atoms with E-state index in [1.54, 1.807) is 0 Å². The van der Waals surface area contributed by atoms with Crippen LogP contribution < -0.4 is 0 Å². The van der Waals surface area contributed by atoms with E-state index in [9.17, 15) is 33.0 Å². The molecule has 2 N–H and O–H groups in total. The average molecular weight is 322 g/mol. The van der Waals surface area contributed by atoms with Crippen molar-refractivity contribution in [3.05, 3.63) is 35.4 Å². The highest BCUT2D eigenvalue weighted by Crippen LogP contribution is 2.21. The maximum atomic E-state index is 12.1. The number of hydrogen-bond acceptors (Lipinski definition) is 5. The van der Waals surface area contributed by atoms with E-state index in [4.69, 9.17) is 0 Å². The fourth-order valence-electron chi connectivity index (χ4n) is 1.54. The smallest absolute Gasteiger partial charge is 0.389 e. The van der Waals surface area contributed by atoms with Crippen molar-refractivity contribution >= 4 is 24.2 Å². The van der Waals surface area contributed by atoms with Gasteiger partial charge in [-0.2, -0.15) is 25.8 Å². The Kier molecular flexibility index (Phi) is 5.94. The number of aliphatic hydroxyl groups excluding tert-OH is 2. The first-order chi connectivity index (χ1) is 9.66. The first-order valence-corrected chi connectivity index (χ1v) is 6.50. The van der Waals surface area contributed by atoms with Crippen LogP contribution in [-0.2, 0) is 4.79 Å². The summed E-state index contributed by atoms with van der Waals surface area (Å²) in [5.74, 6) is -3.06. The van der Waals surface area contributed by atoms with Crippen molar-refractivity contribution in [1.82, 2.24) is 0 Å². The number of carbonyl (C=O) groups excluding carboxylic acids is 2. The molecule has 0 bridgehead atoms. The molecule has 0 aromatic heterocycles. The van der Waals surface area contributed by atoms with Crippen LogP contribution in [0.1, 0.15) is 28.4 Å². The van der Waals surface area contributed by atoms with Crippen LogP contribution in [0, 0.1) is 0 Å². The Morgan fingerprint density at radius 3 is 2.10 bits per heavy atom. The van der Waals surface area contributed by atoms with Gasteiger partial charge in [-0.05, 0) is 5.56 Å². The van der Waals surface area contributed by atoms with Gasteiger partial charge in [-0.15, -0.1) is 0 Å². The molecular formula is C13H13F3O4S. The summed E-state index contributed by atoms with van der Waals surface area (Å²) in [6.07, 6.45) is -8.63. The molecule has 0 saturated carbocycles. The van der Waals surface area contributed by atoms with Gasteiger partial charge in [0.1, 0.15) is 6.10 Å². The predicted octanol–water partition coefficient (Wildman–Crippen LogP) is 1.71. The summed E-state index contributed by atoms with van der Waals surface area (Å²) < 4.78 is 36.2. The first-order valence-electron chi connectivity index (χ1n) is 5.87. The second-order valence-electron chi connectivity index (χ2n) is 4.34. The highest BCUT2D eigenvalue weighted by molar-refractivity contribution is 7.80. The number of thiol groups is 1. The normalized spacial score (nSPS) is 14.6. The molecule has 116 valence electrons. The molecule has 1 aromatic rings. The highest BCUT2D eigenvalue weighted by Gasteiger charge is 2.39. The Bertz CT molecular complexity index is 513. The number of carbonyl (C=O) groups is 2. The monoisotopic (exact) mass is 322 g/mol. The number of halogens is 3. The fraction of sp³-hybridized carbons (Fsp3) is 0.385. The Hall–Kier alpha value is -1.38. The molecule has 0 aliphatic carbocycles. The van der Waals surface area contributed by atoms with Gasteiger partial charge in [-0.25, -0.2) is 0 Å². The third kappa shape index (κ3) is 4.83. The summed E-state index contributed by atoms with van der Waals surface area (Å²) >= 11 is 3.81. The minimum Gasteiger partial charge on any atom is -0.389 e. The molecule has 0 spiro atoms. The number of Topliss-reactive ketones (excluding diaryl/α,β-unsaturated/α-hetero) is 2. The average Bonchev–Trinajstić information content (AvgIpc) is 2.44. The maximum Gasteiger partial charge on any atom is 0.450 e. The van der Waals surface area contributed by atoms with Crippen molar-refractivity contribution in [2.75, 3.05) is 5.75 Å². The largest absolute Gasteiger partial charge is 0.450 e. The van der Waals surface area contributed by atoms with Crippen LogP contribution in [0.5, 0.6) is 0 Å². The van der Waals surface area contributed by atoms with Crippen molar-refractivity contribution in [2.45, 2.75) is 24.8 Å². The van der Waals surface area contributed by atoms with E-state index in [1.807, 2.05) is 0 Å². The molecule has 2 unspecified atom stereocenters. The highest BCUT2D eigenvalue weighted by atomic mass is 32.1. The summed E-state index contributed by atoms with van der Waals surface area (Å²) in [4.78, 5) is 22.3. The third-order valence-corrected chi connectivity index (χ3v) is 3.14. The summed E-state index contributed by atoms with van der Waals surface area (Å²) in [7, 11) is 0. The third-order valence-electron chi connectivity index (χ3n) is 2.76. The van der Waals surface area contributed by atoms with Crippen molar-refractivity contribution < 1.29 is 33.0 Å². The zero-order valence-corrected chi connectivity index (χ0v) is 11.6. The minimum atomic E-state index is -5.04. The van der Waals surface area contributed by atoms with Gasteiger partial charge in [-0.1, -0.05) is 24.3 Å². The molecule has 0 saturated heterocycles. The van der Waals surface area contributed by atoms with Crippen LogP contribution in [-0.4, -0.2) is 39.8 Å². The summed E-state index contributed by atoms with van der Waals surface area (Å²) in [5, 5.41) is 19.1. The summed E-state index contributed by atoms with van der Waals surface area (Å²) in [5.41, 5.74) is 0.208. The molecule has 0 aliphatic heterocycles. The van der Waals surface area contributed by atoms with Crippen LogP contribution in [0.2, 0.25) is 0 Å². The van der Waals surface area contributed by atoms with E-state index >= 15 is 0 Å². The molecular weight excluding hydrogens is 309 g/mol. The van der Waals surface area contributed by atoms with Gasteiger partial charge < -0.3 is 10.2 Å². The van der Waals surface area contributed by atoms with Crippen LogP contribution in [0.3, 0.4) is 0 Å². The summed E-state index contributed by atoms with van der Waals surface area (Å²) in [6, 6.07) is 4.97. The lowest BCUT2D eigenvalue weighted by Gasteiger charge is -2.16. The lowest BCUT2D eigenvalue weighted by Crippen LogP contribution is -2.25. The Morgan fingerprint density at radius 2 is 1.67 bits per heavy atom. The topological polar surface area (TPSA) is 74.6 Å².